The second kappa shape index (κ2) is 6.30. The molecule has 1 aromatic carbocycles. The Kier molecular flexibility index (Phi) is 4.00. The van der Waals surface area contributed by atoms with Crippen molar-refractivity contribution in [2.45, 2.75) is 38.6 Å². The minimum Gasteiger partial charge on any atom is -0.493 e. The number of ether oxygens (including phenoxy) is 1. The molecule has 2 aromatic rings. The van der Waals surface area contributed by atoms with Crippen LogP contribution in [0.5, 0.6) is 5.75 Å². The number of fused-ring (bicyclic) bond motifs is 1. The molecule has 1 amide bonds. The highest BCUT2D eigenvalue weighted by atomic mass is 16.5. The summed E-state index contributed by atoms with van der Waals surface area (Å²) in [6, 6.07) is 6.43. The molecule has 1 fully saturated rings. The SMILES string of the molecule is Cc1cnn([C@H]2CCCN(C(=O)Cc3ccc4c(c3)CCO4)C2)c1. The number of carbonyl (C=O) groups excluding carboxylic acids is 1. The highest BCUT2D eigenvalue weighted by molar-refractivity contribution is 5.79. The van der Waals surface area contributed by atoms with Crippen molar-refractivity contribution in [1.82, 2.24) is 14.7 Å². The van der Waals surface area contributed by atoms with Crippen molar-refractivity contribution in [3.63, 3.8) is 0 Å². The zero-order chi connectivity index (χ0) is 16.5. The lowest BCUT2D eigenvalue weighted by Crippen LogP contribution is -2.41. The molecule has 0 spiro atoms. The van der Waals surface area contributed by atoms with E-state index in [1.165, 1.54) is 11.1 Å². The molecule has 1 atom stereocenters. The molecule has 4 rings (SSSR count). The molecule has 1 aromatic heterocycles. The van der Waals surface area contributed by atoms with E-state index >= 15 is 0 Å². The van der Waals surface area contributed by atoms with Gasteiger partial charge >= 0.3 is 0 Å². The number of benzene rings is 1. The maximum Gasteiger partial charge on any atom is 0.227 e. The van der Waals surface area contributed by atoms with Gasteiger partial charge in [0.1, 0.15) is 5.75 Å². The normalized spacial score (nSPS) is 19.9. The van der Waals surface area contributed by atoms with Gasteiger partial charge in [0.25, 0.3) is 0 Å². The molecule has 1 saturated heterocycles. The van der Waals surface area contributed by atoms with Gasteiger partial charge in [-0.1, -0.05) is 12.1 Å². The Hall–Kier alpha value is -2.30. The maximum atomic E-state index is 12.7. The summed E-state index contributed by atoms with van der Waals surface area (Å²) in [7, 11) is 0. The minimum atomic E-state index is 0.211. The van der Waals surface area contributed by atoms with Gasteiger partial charge in [-0.25, -0.2) is 0 Å². The molecule has 24 heavy (non-hydrogen) atoms. The monoisotopic (exact) mass is 325 g/mol. The lowest BCUT2D eigenvalue weighted by Gasteiger charge is -2.33. The predicted molar refractivity (Wildman–Crippen MR) is 91.2 cm³/mol. The van der Waals surface area contributed by atoms with Gasteiger partial charge in [-0.05, 0) is 42.5 Å². The fourth-order valence-electron chi connectivity index (χ4n) is 3.67. The van der Waals surface area contributed by atoms with Gasteiger partial charge in [0.2, 0.25) is 5.91 Å². The van der Waals surface area contributed by atoms with Crippen molar-refractivity contribution in [1.29, 1.82) is 0 Å². The van der Waals surface area contributed by atoms with Gasteiger partial charge in [-0.2, -0.15) is 5.10 Å². The van der Waals surface area contributed by atoms with Crippen molar-refractivity contribution in [3.05, 3.63) is 47.3 Å². The zero-order valence-corrected chi connectivity index (χ0v) is 14.1. The molecule has 2 aliphatic rings. The minimum absolute atomic E-state index is 0.211. The Morgan fingerprint density at radius 3 is 3.17 bits per heavy atom. The number of hydrogen-bond donors (Lipinski definition) is 0. The van der Waals surface area contributed by atoms with E-state index in [1.54, 1.807) is 0 Å². The fourth-order valence-corrected chi connectivity index (χ4v) is 3.67. The molecule has 5 nitrogen and oxygen atoms in total. The summed E-state index contributed by atoms with van der Waals surface area (Å²) in [5, 5.41) is 4.42. The number of carbonyl (C=O) groups is 1. The Labute approximate surface area is 142 Å². The van der Waals surface area contributed by atoms with Crippen LogP contribution in [0.2, 0.25) is 0 Å². The van der Waals surface area contributed by atoms with Gasteiger partial charge in [0, 0.05) is 25.7 Å². The lowest BCUT2D eigenvalue weighted by atomic mass is 10.0. The van der Waals surface area contributed by atoms with Crippen LogP contribution < -0.4 is 4.74 Å². The summed E-state index contributed by atoms with van der Waals surface area (Å²) in [6.07, 6.45) is 7.49. The summed E-state index contributed by atoms with van der Waals surface area (Å²) < 4.78 is 7.55. The van der Waals surface area contributed by atoms with Crippen molar-refractivity contribution in [2.24, 2.45) is 0 Å². The topological polar surface area (TPSA) is 47.4 Å². The van der Waals surface area contributed by atoms with E-state index in [-0.39, 0.29) is 5.91 Å². The highest BCUT2D eigenvalue weighted by Crippen LogP contribution is 2.27. The first-order valence-corrected chi connectivity index (χ1v) is 8.72. The Morgan fingerprint density at radius 2 is 2.33 bits per heavy atom. The largest absolute Gasteiger partial charge is 0.493 e. The highest BCUT2D eigenvalue weighted by Gasteiger charge is 2.25. The molecule has 3 heterocycles. The number of amides is 1. The number of nitrogens with zero attached hydrogens (tertiary/aromatic N) is 3. The molecule has 0 unspecified atom stereocenters. The summed E-state index contributed by atoms with van der Waals surface area (Å²) >= 11 is 0. The second-order valence-electron chi connectivity index (χ2n) is 6.85. The molecule has 0 bridgehead atoms. The summed E-state index contributed by atoms with van der Waals surface area (Å²) in [5.74, 6) is 1.18. The van der Waals surface area contributed by atoms with Crippen LogP contribution in [0.1, 0.15) is 35.6 Å². The second-order valence-corrected chi connectivity index (χ2v) is 6.85. The van der Waals surface area contributed by atoms with E-state index in [0.717, 1.165) is 50.3 Å². The molecule has 0 saturated carbocycles. The van der Waals surface area contributed by atoms with Crippen LogP contribution in [0.15, 0.2) is 30.6 Å². The number of aromatic nitrogens is 2. The van der Waals surface area contributed by atoms with Crippen molar-refractivity contribution >= 4 is 5.91 Å². The van der Waals surface area contributed by atoms with Crippen LogP contribution in [0.4, 0.5) is 0 Å². The first-order valence-electron chi connectivity index (χ1n) is 8.72. The van der Waals surface area contributed by atoms with E-state index in [4.69, 9.17) is 4.74 Å². The molecular formula is C19H23N3O2. The van der Waals surface area contributed by atoms with Crippen LogP contribution in [0, 0.1) is 6.92 Å². The average molecular weight is 325 g/mol. The van der Waals surface area contributed by atoms with Crippen LogP contribution in [0.25, 0.3) is 0 Å². The van der Waals surface area contributed by atoms with E-state index in [1.807, 2.05) is 34.8 Å². The van der Waals surface area contributed by atoms with E-state index in [9.17, 15) is 4.79 Å². The number of rotatable bonds is 3. The Bertz CT molecular complexity index is 753. The summed E-state index contributed by atoms with van der Waals surface area (Å²) in [5.41, 5.74) is 3.48. The first kappa shape index (κ1) is 15.2. The molecule has 5 heteroatoms. The van der Waals surface area contributed by atoms with Crippen molar-refractivity contribution < 1.29 is 9.53 Å². The van der Waals surface area contributed by atoms with Gasteiger partial charge in [-0.15, -0.1) is 0 Å². The number of likely N-dealkylation sites (tertiary alicyclic amines) is 1. The first-order chi connectivity index (χ1) is 11.7. The van der Waals surface area contributed by atoms with Crippen molar-refractivity contribution in [2.75, 3.05) is 19.7 Å². The molecular weight excluding hydrogens is 302 g/mol. The van der Waals surface area contributed by atoms with Gasteiger partial charge < -0.3 is 9.64 Å². The van der Waals surface area contributed by atoms with Gasteiger partial charge in [-0.3, -0.25) is 9.48 Å². The van der Waals surface area contributed by atoms with E-state index < -0.39 is 0 Å². The summed E-state index contributed by atoms with van der Waals surface area (Å²) in [4.78, 5) is 14.7. The number of piperidine rings is 1. The molecule has 126 valence electrons. The van der Waals surface area contributed by atoms with Gasteiger partial charge in [0.15, 0.2) is 0 Å². The smallest absolute Gasteiger partial charge is 0.227 e. The van der Waals surface area contributed by atoms with E-state index in [2.05, 4.69) is 17.4 Å². The predicted octanol–water partition coefficient (Wildman–Crippen LogP) is 2.53. The van der Waals surface area contributed by atoms with Crippen LogP contribution in [-0.4, -0.2) is 40.3 Å². The standard InChI is InChI=1S/C19H23N3O2/c1-14-11-20-22(12-14)17-3-2-7-21(13-17)19(23)10-15-4-5-18-16(9-15)6-8-24-18/h4-5,9,11-12,17H,2-3,6-8,10,13H2,1H3/t17-/m0/s1. The average Bonchev–Trinajstić information content (AvgIpc) is 3.23. The zero-order valence-electron chi connectivity index (χ0n) is 14.1. The van der Waals surface area contributed by atoms with Crippen LogP contribution in [-0.2, 0) is 17.6 Å². The molecule has 0 N–H and O–H groups in total. The Morgan fingerprint density at radius 1 is 1.42 bits per heavy atom. The third-order valence-electron chi connectivity index (χ3n) is 4.96. The molecule has 0 radical (unpaired) electrons. The van der Waals surface area contributed by atoms with Gasteiger partial charge in [0.05, 0.1) is 25.3 Å². The quantitative estimate of drug-likeness (QED) is 0.871. The van der Waals surface area contributed by atoms with E-state index in [0.29, 0.717) is 12.5 Å². The number of aryl methyl sites for hydroxylation is 1. The molecule has 0 aliphatic carbocycles. The van der Waals surface area contributed by atoms with Crippen LogP contribution >= 0.6 is 0 Å². The third-order valence-corrected chi connectivity index (χ3v) is 4.96. The number of hydrogen-bond acceptors (Lipinski definition) is 3. The Balaban J connectivity index is 1.42. The fraction of sp³-hybridized carbons (Fsp3) is 0.474. The van der Waals surface area contributed by atoms with Crippen LogP contribution in [0.3, 0.4) is 0 Å². The summed E-state index contributed by atoms with van der Waals surface area (Å²) in [6.45, 7) is 4.41. The lowest BCUT2D eigenvalue weighted by molar-refractivity contribution is -0.132. The third kappa shape index (κ3) is 3.03. The van der Waals surface area contributed by atoms with Crippen molar-refractivity contribution in [3.8, 4) is 5.75 Å². The molecule has 2 aliphatic heterocycles. The maximum absolute atomic E-state index is 12.7.